The maximum atomic E-state index is 13.2. The van der Waals surface area contributed by atoms with Gasteiger partial charge in [0.05, 0.1) is 18.3 Å². The summed E-state index contributed by atoms with van der Waals surface area (Å²) >= 11 is 0. The summed E-state index contributed by atoms with van der Waals surface area (Å²) in [6, 6.07) is 21.8. The minimum atomic E-state index is -0.500. The molecule has 0 bridgehead atoms. The summed E-state index contributed by atoms with van der Waals surface area (Å²) in [7, 11) is 1.66. The van der Waals surface area contributed by atoms with Crippen LogP contribution in [-0.4, -0.2) is 58.5 Å². The molecule has 1 fully saturated rings. The van der Waals surface area contributed by atoms with Crippen LogP contribution in [0.5, 0.6) is 0 Å². The summed E-state index contributed by atoms with van der Waals surface area (Å²) in [6.07, 6.45) is 4.70. The molecule has 3 aromatic rings. The molecular formula is C28H34N4O3. The van der Waals surface area contributed by atoms with Crippen LogP contribution in [0.2, 0.25) is 0 Å². The molecule has 3 atom stereocenters. The molecule has 0 aliphatic carbocycles. The molecule has 1 amide bonds. The van der Waals surface area contributed by atoms with Gasteiger partial charge in [0.25, 0.3) is 5.91 Å². The molecular weight excluding hydrogens is 440 g/mol. The second-order valence-electron chi connectivity index (χ2n) is 9.09. The molecule has 1 saturated heterocycles. The van der Waals surface area contributed by atoms with Gasteiger partial charge in [-0.3, -0.25) is 4.79 Å². The lowest BCUT2D eigenvalue weighted by Crippen LogP contribution is -2.35. The number of carbonyl (C=O) groups is 1. The molecule has 0 saturated carbocycles. The number of aliphatic hydroxyl groups excluding tert-OH is 1. The largest absolute Gasteiger partial charge is 0.387 e. The molecule has 1 aromatic heterocycles. The molecule has 2 aromatic carbocycles. The Hall–Kier alpha value is -3.13. The van der Waals surface area contributed by atoms with E-state index in [0.29, 0.717) is 31.3 Å². The summed E-state index contributed by atoms with van der Waals surface area (Å²) in [5.41, 5.74) is 3.54. The molecule has 184 valence electrons. The number of ether oxygens (including phenoxy) is 1. The van der Waals surface area contributed by atoms with Crippen LogP contribution >= 0.6 is 0 Å². The quantitative estimate of drug-likeness (QED) is 0.413. The third-order valence-corrected chi connectivity index (χ3v) is 6.53. The fraction of sp³-hybridized carbons (Fsp3) is 0.393. The number of hydrogen-bond acceptors (Lipinski definition) is 6. The molecule has 4 rings (SSSR count). The Morgan fingerprint density at radius 3 is 2.63 bits per heavy atom. The Bertz CT molecular complexity index is 1050. The van der Waals surface area contributed by atoms with E-state index in [1.165, 1.54) is 5.56 Å². The second kappa shape index (κ2) is 12.5. The summed E-state index contributed by atoms with van der Waals surface area (Å²) in [4.78, 5) is 15.0. The van der Waals surface area contributed by atoms with Crippen molar-refractivity contribution in [3.8, 4) is 0 Å². The van der Waals surface area contributed by atoms with E-state index in [9.17, 15) is 9.90 Å². The van der Waals surface area contributed by atoms with Gasteiger partial charge in [-0.2, -0.15) is 10.2 Å². The van der Waals surface area contributed by atoms with Crippen LogP contribution in [0.25, 0.3) is 0 Å². The number of benzene rings is 2. The van der Waals surface area contributed by atoms with Crippen molar-refractivity contribution < 1.29 is 14.6 Å². The molecule has 0 unspecified atom stereocenters. The van der Waals surface area contributed by atoms with E-state index in [2.05, 4.69) is 15.5 Å². The number of rotatable bonds is 11. The average Bonchev–Trinajstić information content (AvgIpc) is 3.37. The molecule has 2 N–H and O–H groups in total. The van der Waals surface area contributed by atoms with Crippen molar-refractivity contribution in [2.45, 2.75) is 50.4 Å². The molecule has 0 radical (unpaired) electrons. The first-order valence-corrected chi connectivity index (χ1v) is 12.3. The van der Waals surface area contributed by atoms with Crippen molar-refractivity contribution in [1.29, 1.82) is 0 Å². The lowest BCUT2D eigenvalue weighted by molar-refractivity contribution is 0.0721. The topological polar surface area (TPSA) is 87.6 Å². The maximum Gasteiger partial charge on any atom is 0.254 e. The van der Waals surface area contributed by atoms with Crippen molar-refractivity contribution in [3.63, 3.8) is 0 Å². The highest BCUT2D eigenvalue weighted by Crippen LogP contribution is 2.26. The number of nitrogens with one attached hydrogen (secondary N) is 1. The molecule has 0 spiro atoms. The molecule has 1 aliphatic rings. The van der Waals surface area contributed by atoms with Gasteiger partial charge in [-0.05, 0) is 61.1 Å². The normalized spacial score (nSPS) is 18.3. The van der Waals surface area contributed by atoms with Crippen LogP contribution < -0.4 is 5.32 Å². The van der Waals surface area contributed by atoms with Gasteiger partial charge in [-0.15, -0.1) is 0 Å². The first-order chi connectivity index (χ1) is 17.1. The van der Waals surface area contributed by atoms with Gasteiger partial charge in [-0.1, -0.05) is 42.5 Å². The third-order valence-electron chi connectivity index (χ3n) is 6.53. The van der Waals surface area contributed by atoms with E-state index < -0.39 is 6.10 Å². The number of aromatic nitrogens is 2. The van der Waals surface area contributed by atoms with Gasteiger partial charge in [0, 0.05) is 44.1 Å². The predicted molar refractivity (Wildman–Crippen MR) is 135 cm³/mol. The lowest BCUT2D eigenvalue weighted by atomic mass is 10.0. The number of hydrogen-bond donors (Lipinski definition) is 2. The first-order valence-electron chi connectivity index (χ1n) is 12.3. The van der Waals surface area contributed by atoms with E-state index >= 15 is 0 Å². The Labute approximate surface area is 207 Å². The fourth-order valence-electron chi connectivity index (χ4n) is 4.66. The van der Waals surface area contributed by atoms with Crippen LogP contribution in [0.3, 0.4) is 0 Å². The molecule has 7 nitrogen and oxygen atoms in total. The van der Waals surface area contributed by atoms with E-state index in [1.54, 1.807) is 18.2 Å². The predicted octanol–water partition coefficient (Wildman–Crippen LogP) is 3.55. The summed E-state index contributed by atoms with van der Waals surface area (Å²) in [5.74, 6) is -0.0247. The number of amides is 1. The van der Waals surface area contributed by atoms with E-state index in [4.69, 9.17) is 4.74 Å². The number of methoxy groups -OCH3 is 1. The zero-order chi connectivity index (χ0) is 24.5. The molecule has 7 heteroatoms. The highest BCUT2D eigenvalue weighted by atomic mass is 16.5. The van der Waals surface area contributed by atoms with E-state index in [0.717, 1.165) is 36.9 Å². The van der Waals surface area contributed by atoms with Crippen LogP contribution in [0.1, 0.15) is 52.5 Å². The van der Waals surface area contributed by atoms with Gasteiger partial charge in [0.1, 0.15) is 0 Å². The van der Waals surface area contributed by atoms with Crippen molar-refractivity contribution in [2.24, 2.45) is 0 Å². The molecule has 2 heterocycles. The smallest absolute Gasteiger partial charge is 0.254 e. The Balaban J connectivity index is 1.35. The Morgan fingerprint density at radius 2 is 1.91 bits per heavy atom. The number of aliphatic hydroxyl groups is 1. The van der Waals surface area contributed by atoms with Gasteiger partial charge in [-0.25, -0.2) is 0 Å². The molecule has 35 heavy (non-hydrogen) atoms. The van der Waals surface area contributed by atoms with Crippen molar-refractivity contribution in [2.75, 3.05) is 20.3 Å². The van der Waals surface area contributed by atoms with Crippen molar-refractivity contribution in [3.05, 3.63) is 95.3 Å². The van der Waals surface area contributed by atoms with E-state index in [1.807, 2.05) is 66.7 Å². The minimum Gasteiger partial charge on any atom is -0.387 e. The highest BCUT2D eigenvalue weighted by Gasteiger charge is 2.30. The minimum absolute atomic E-state index is 0.0247. The van der Waals surface area contributed by atoms with Crippen LogP contribution in [0.4, 0.5) is 0 Å². The Morgan fingerprint density at radius 1 is 1.11 bits per heavy atom. The van der Waals surface area contributed by atoms with Crippen LogP contribution in [0.15, 0.2) is 72.9 Å². The third kappa shape index (κ3) is 6.94. The zero-order valence-corrected chi connectivity index (χ0v) is 20.2. The van der Waals surface area contributed by atoms with Crippen LogP contribution in [-0.2, 0) is 17.7 Å². The first kappa shape index (κ1) is 25.0. The van der Waals surface area contributed by atoms with Crippen molar-refractivity contribution in [1.82, 2.24) is 20.4 Å². The van der Waals surface area contributed by atoms with Crippen molar-refractivity contribution >= 4 is 5.91 Å². The Kier molecular flexibility index (Phi) is 8.95. The standard InChI is InChI=1S/C28H34N4O3/c1-35-18-6-17-32(20-25-9-5-16-29-31-25)28(34)23-12-10-21(11-13-23)19-24-14-15-26(30-24)27(33)22-7-3-2-4-8-22/h2-5,7-13,16,24,26-27,30,33H,6,14-15,17-20H2,1H3/t24-,26+,27+/m0/s1. The summed E-state index contributed by atoms with van der Waals surface area (Å²) in [5, 5.41) is 22.4. The summed E-state index contributed by atoms with van der Waals surface area (Å²) in [6.45, 7) is 1.59. The highest BCUT2D eigenvalue weighted by molar-refractivity contribution is 5.94. The van der Waals surface area contributed by atoms with Gasteiger partial charge >= 0.3 is 0 Å². The zero-order valence-electron chi connectivity index (χ0n) is 20.2. The van der Waals surface area contributed by atoms with Gasteiger partial charge in [0.2, 0.25) is 0 Å². The van der Waals surface area contributed by atoms with Gasteiger partial charge < -0.3 is 20.1 Å². The fourth-order valence-corrected chi connectivity index (χ4v) is 4.66. The van der Waals surface area contributed by atoms with Gasteiger partial charge in [0.15, 0.2) is 0 Å². The number of nitrogens with zero attached hydrogens (tertiary/aromatic N) is 3. The van der Waals surface area contributed by atoms with E-state index in [-0.39, 0.29) is 11.9 Å². The SMILES string of the molecule is COCCCN(Cc1cccnn1)C(=O)c1ccc(C[C@@H]2CC[C@H]([C@H](O)c3ccccc3)N2)cc1. The monoisotopic (exact) mass is 474 g/mol. The maximum absolute atomic E-state index is 13.2. The molecule has 1 aliphatic heterocycles. The van der Waals surface area contributed by atoms with Crippen LogP contribution in [0, 0.1) is 0 Å². The average molecular weight is 475 g/mol. The second-order valence-corrected chi connectivity index (χ2v) is 9.09. The summed E-state index contributed by atoms with van der Waals surface area (Å²) < 4.78 is 5.17. The number of carbonyl (C=O) groups excluding carboxylic acids is 1. The lowest BCUT2D eigenvalue weighted by Gasteiger charge is -2.22.